The van der Waals surface area contributed by atoms with Gasteiger partial charge in [-0.05, 0) is 43.8 Å². The number of aromatic amines is 1. The number of H-pyrrole nitrogens is 1. The topological polar surface area (TPSA) is 93.5 Å². The largest absolute Gasteiger partial charge is 0.493 e. The number of likely N-dealkylation sites (tertiary alicyclic amines) is 1. The van der Waals surface area contributed by atoms with Crippen molar-refractivity contribution in [3.8, 4) is 27.7 Å². The molecule has 0 amide bonds. The Morgan fingerprint density at radius 3 is 2.74 bits per heavy atom. The van der Waals surface area contributed by atoms with E-state index in [-0.39, 0.29) is 5.92 Å². The highest BCUT2D eigenvalue weighted by atomic mass is 32.1. The summed E-state index contributed by atoms with van der Waals surface area (Å²) in [6.45, 7) is 8.46. The fourth-order valence-electron chi connectivity index (χ4n) is 5.05. The molecular weight excluding hydrogens is 450 g/mol. The lowest BCUT2D eigenvalue weighted by molar-refractivity contribution is -0.0712. The summed E-state index contributed by atoms with van der Waals surface area (Å²) in [5.74, 6) is 1.51. The van der Waals surface area contributed by atoms with E-state index in [0.29, 0.717) is 23.4 Å². The van der Waals surface area contributed by atoms with Gasteiger partial charge >= 0.3 is 0 Å². The molecule has 0 saturated carbocycles. The normalized spacial score (nSPS) is 18.1. The molecule has 34 heavy (non-hydrogen) atoms. The third-order valence-corrected chi connectivity index (χ3v) is 8.20. The van der Waals surface area contributed by atoms with Gasteiger partial charge in [-0.25, -0.2) is 14.5 Å². The van der Waals surface area contributed by atoms with Crippen LogP contribution in [0.25, 0.3) is 27.6 Å². The molecule has 2 aliphatic heterocycles. The molecule has 4 aromatic rings. The van der Waals surface area contributed by atoms with Crippen LogP contribution in [0.2, 0.25) is 0 Å². The van der Waals surface area contributed by atoms with Gasteiger partial charge in [0.05, 0.1) is 37.8 Å². The van der Waals surface area contributed by atoms with Crippen molar-refractivity contribution in [3.05, 3.63) is 35.2 Å². The first-order chi connectivity index (χ1) is 16.6. The number of aromatic nitrogens is 6. The van der Waals surface area contributed by atoms with Crippen LogP contribution in [-0.2, 0) is 4.74 Å². The second-order valence-electron chi connectivity index (χ2n) is 9.41. The molecule has 2 saturated heterocycles. The number of ether oxygens (including phenoxy) is 2. The van der Waals surface area contributed by atoms with Crippen LogP contribution in [0.5, 0.6) is 5.75 Å². The molecule has 6 rings (SSSR count). The Kier molecular flexibility index (Phi) is 5.59. The van der Waals surface area contributed by atoms with E-state index in [9.17, 15) is 0 Å². The first kappa shape index (κ1) is 21.7. The fourth-order valence-corrected chi connectivity index (χ4v) is 6.14. The average Bonchev–Trinajstić information content (AvgIpc) is 3.56. The van der Waals surface area contributed by atoms with Crippen molar-refractivity contribution in [2.45, 2.75) is 44.6 Å². The number of rotatable bonds is 6. The Morgan fingerprint density at radius 2 is 2.03 bits per heavy atom. The van der Waals surface area contributed by atoms with Gasteiger partial charge in [0.2, 0.25) is 0 Å². The standard InChI is InChI=1S/C24H29N7O2S/c1-14(2)20-21(16-8-18(32-3)23-26-13-27-31(23)10-16)28-29-22(20)24-25-9-19(34-24)15-4-6-30(7-5-15)17-11-33-12-17/h8-10,13-15,17H,4-7,11-12H2,1-3H3,(H,28,29). The molecule has 10 heteroatoms. The van der Waals surface area contributed by atoms with Crippen LogP contribution in [0.1, 0.15) is 49.0 Å². The van der Waals surface area contributed by atoms with Crippen LogP contribution >= 0.6 is 11.3 Å². The van der Waals surface area contributed by atoms with Crippen molar-refractivity contribution in [3.63, 3.8) is 0 Å². The minimum absolute atomic E-state index is 0.265. The fraction of sp³-hybridized carbons (Fsp3) is 0.500. The van der Waals surface area contributed by atoms with E-state index >= 15 is 0 Å². The molecule has 9 nitrogen and oxygen atoms in total. The quantitative estimate of drug-likeness (QED) is 0.447. The number of nitrogens with zero attached hydrogens (tertiary/aromatic N) is 6. The molecule has 0 aromatic carbocycles. The molecule has 6 heterocycles. The van der Waals surface area contributed by atoms with E-state index in [4.69, 9.17) is 19.6 Å². The Balaban J connectivity index is 1.29. The first-order valence-corrected chi connectivity index (χ1v) is 12.7. The molecule has 1 N–H and O–H groups in total. The third-order valence-electron chi connectivity index (χ3n) is 7.02. The van der Waals surface area contributed by atoms with E-state index in [1.807, 2.05) is 12.3 Å². The van der Waals surface area contributed by atoms with Gasteiger partial charge < -0.3 is 9.47 Å². The monoisotopic (exact) mass is 479 g/mol. The number of piperidine rings is 1. The van der Waals surface area contributed by atoms with E-state index < -0.39 is 0 Å². The molecule has 0 unspecified atom stereocenters. The molecule has 0 radical (unpaired) electrons. The van der Waals surface area contributed by atoms with Gasteiger partial charge in [0.1, 0.15) is 11.3 Å². The van der Waals surface area contributed by atoms with Gasteiger partial charge in [0, 0.05) is 28.4 Å². The summed E-state index contributed by atoms with van der Waals surface area (Å²) in [5, 5.41) is 13.3. The van der Waals surface area contributed by atoms with Crippen LogP contribution < -0.4 is 4.74 Å². The van der Waals surface area contributed by atoms with Gasteiger partial charge in [-0.2, -0.15) is 10.2 Å². The van der Waals surface area contributed by atoms with Gasteiger partial charge in [-0.3, -0.25) is 10.00 Å². The highest BCUT2D eigenvalue weighted by Crippen LogP contribution is 2.40. The van der Waals surface area contributed by atoms with Crippen LogP contribution in [-0.4, -0.2) is 74.1 Å². The lowest BCUT2D eigenvalue weighted by Gasteiger charge is -2.41. The maximum atomic E-state index is 5.56. The highest BCUT2D eigenvalue weighted by molar-refractivity contribution is 7.15. The molecule has 0 aliphatic carbocycles. The van der Waals surface area contributed by atoms with E-state index in [1.165, 1.54) is 24.0 Å². The number of pyridine rings is 1. The molecule has 2 fully saturated rings. The minimum atomic E-state index is 0.265. The number of nitrogens with one attached hydrogen (secondary N) is 1. The molecule has 178 valence electrons. The Morgan fingerprint density at radius 1 is 1.21 bits per heavy atom. The second-order valence-corrected chi connectivity index (χ2v) is 10.5. The van der Waals surface area contributed by atoms with Crippen molar-refractivity contribution in [1.29, 1.82) is 0 Å². The summed E-state index contributed by atoms with van der Waals surface area (Å²) in [4.78, 5) is 13.1. The van der Waals surface area contributed by atoms with Crippen molar-refractivity contribution in [1.82, 2.24) is 34.7 Å². The maximum Gasteiger partial charge on any atom is 0.197 e. The summed E-state index contributed by atoms with van der Waals surface area (Å²) in [6.07, 6.45) is 7.91. The summed E-state index contributed by atoms with van der Waals surface area (Å²) < 4.78 is 12.7. The lowest BCUT2D eigenvalue weighted by Crippen LogP contribution is -2.51. The van der Waals surface area contributed by atoms with Gasteiger partial charge in [-0.1, -0.05) is 13.8 Å². The average molecular weight is 480 g/mol. The smallest absolute Gasteiger partial charge is 0.197 e. The van der Waals surface area contributed by atoms with Crippen LogP contribution in [0, 0.1) is 0 Å². The Labute approximate surface area is 202 Å². The summed E-state index contributed by atoms with van der Waals surface area (Å²) in [6, 6.07) is 2.61. The minimum Gasteiger partial charge on any atom is -0.493 e. The highest BCUT2D eigenvalue weighted by Gasteiger charge is 2.31. The molecular formula is C24H29N7O2S. The predicted molar refractivity (Wildman–Crippen MR) is 130 cm³/mol. The summed E-state index contributed by atoms with van der Waals surface area (Å²) in [7, 11) is 1.65. The van der Waals surface area contributed by atoms with Gasteiger partial charge in [-0.15, -0.1) is 11.3 Å². The number of methoxy groups -OCH3 is 1. The third kappa shape index (κ3) is 3.70. The molecule has 0 bridgehead atoms. The summed E-state index contributed by atoms with van der Waals surface area (Å²) in [5.41, 5.74) is 4.68. The summed E-state index contributed by atoms with van der Waals surface area (Å²) >= 11 is 1.80. The predicted octanol–water partition coefficient (Wildman–Crippen LogP) is 3.95. The van der Waals surface area contributed by atoms with Crippen LogP contribution in [0.15, 0.2) is 24.8 Å². The lowest BCUT2D eigenvalue weighted by atomic mass is 9.94. The van der Waals surface area contributed by atoms with Crippen molar-refractivity contribution in [2.24, 2.45) is 0 Å². The SMILES string of the molecule is COc1cc(-c2n[nH]c(-c3ncc(C4CCN(C5COC5)CC4)s3)c2C(C)C)cn2ncnc12. The van der Waals surface area contributed by atoms with Crippen LogP contribution in [0.4, 0.5) is 0 Å². The molecule has 0 atom stereocenters. The number of hydrogen-bond donors (Lipinski definition) is 1. The Bertz CT molecular complexity index is 1300. The van der Waals surface area contributed by atoms with E-state index in [2.05, 4.69) is 40.1 Å². The molecule has 0 spiro atoms. The van der Waals surface area contributed by atoms with Gasteiger partial charge in [0.25, 0.3) is 0 Å². The van der Waals surface area contributed by atoms with Crippen molar-refractivity contribution >= 4 is 17.0 Å². The van der Waals surface area contributed by atoms with E-state index in [0.717, 1.165) is 53.8 Å². The second kappa shape index (κ2) is 8.75. The van der Waals surface area contributed by atoms with Crippen LogP contribution in [0.3, 0.4) is 0 Å². The zero-order valence-electron chi connectivity index (χ0n) is 19.7. The number of hydrogen-bond acceptors (Lipinski definition) is 8. The molecule has 2 aliphatic rings. The zero-order valence-corrected chi connectivity index (χ0v) is 20.5. The van der Waals surface area contributed by atoms with Crippen molar-refractivity contribution in [2.75, 3.05) is 33.4 Å². The van der Waals surface area contributed by atoms with E-state index in [1.54, 1.807) is 23.0 Å². The first-order valence-electron chi connectivity index (χ1n) is 11.9. The van der Waals surface area contributed by atoms with Gasteiger partial charge in [0.15, 0.2) is 11.4 Å². The number of thiazole rings is 1. The Hall–Kier alpha value is -2.82. The number of fused-ring (bicyclic) bond motifs is 1. The van der Waals surface area contributed by atoms with Crippen molar-refractivity contribution < 1.29 is 9.47 Å². The molecule has 4 aromatic heterocycles. The zero-order chi connectivity index (χ0) is 23.2. The maximum absolute atomic E-state index is 5.56.